The van der Waals surface area contributed by atoms with Gasteiger partial charge in [0.05, 0.1) is 23.5 Å². The number of aliphatic hydroxyl groups is 1. The lowest BCUT2D eigenvalue weighted by Gasteiger charge is -2.10. The Balaban J connectivity index is 2.71. The van der Waals surface area contributed by atoms with Gasteiger partial charge in [-0.1, -0.05) is 0 Å². The average molecular weight is 231 g/mol. The van der Waals surface area contributed by atoms with E-state index in [2.05, 4.69) is 15.2 Å². The third-order valence-corrected chi connectivity index (χ3v) is 2.14. The van der Waals surface area contributed by atoms with Gasteiger partial charge in [-0.15, -0.1) is 0 Å². The van der Waals surface area contributed by atoms with E-state index in [4.69, 9.17) is 0 Å². The van der Waals surface area contributed by atoms with Crippen molar-refractivity contribution in [2.75, 3.05) is 0 Å². The number of hydrogen-bond acceptors (Lipinski definition) is 3. The molecule has 7 heteroatoms. The van der Waals surface area contributed by atoms with Gasteiger partial charge in [-0.05, 0) is 13.0 Å². The van der Waals surface area contributed by atoms with Crippen LogP contribution in [0.5, 0.6) is 0 Å². The zero-order chi connectivity index (χ0) is 11.9. The van der Waals surface area contributed by atoms with Gasteiger partial charge in [0.15, 0.2) is 0 Å². The third kappa shape index (κ3) is 1.73. The molecule has 2 N–H and O–H groups in total. The SMILES string of the molecule is CC(O)c1nc(C(F)(F)F)cc2cn[nH]c12. The van der Waals surface area contributed by atoms with Gasteiger partial charge >= 0.3 is 6.18 Å². The lowest BCUT2D eigenvalue weighted by Crippen LogP contribution is -2.10. The number of alkyl halides is 3. The number of nitrogens with one attached hydrogen (secondary N) is 1. The molecule has 4 nitrogen and oxygen atoms in total. The zero-order valence-electron chi connectivity index (χ0n) is 8.21. The van der Waals surface area contributed by atoms with Gasteiger partial charge in [-0.2, -0.15) is 18.3 Å². The molecule has 0 spiro atoms. The maximum absolute atomic E-state index is 12.5. The first-order chi connectivity index (χ1) is 7.39. The summed E-state index contributed by atoms with van der Waals surface area (Å²) in [6, 6.07) is 0.894. The molecule has 2 aromatic rings. The number of aliphatic hydroxyl groups excluding tert-OH is 1. The molecular formula is C9H8F3N3O. The van der Waals surface area contributed by atoms with Crippen molar-refractivity contribution in [1.29, 1.82) is 0 Å². The van der Waals surface area contributed by atoms with Gasteiger partial charge in [0.1, 0.15) is 5.69 Å². The Labute approximate surface area is 88.1 Å². The van der Waals surface area contributed by atoms with Crippen LogP contribution in [0.4, 0.5) is 13.2 Å². The first-order valence-corrected chi connectivity index (χ1v) is 4.49. The Bertz CT molecular complexity index is 518. The van der Waals surface area contributed by atoms with E-state index in [1.54, 1.807) is 0 Å². The van der Waals surface area contributed by atoms with Crippen LogP contribution in [0, 0.1) is 0 Å². The highest BCUT2D eigenvalue weighted by molar-refractivity contribution is 5.80. The molecule has 0 saturated heterocycles. The Morgan fingerprint density at radius 2 is 2.12 bits per heavy atom. The summed E-state index contributed by atoms with van der Waals surface area (Å²) in [5, 5.41) is 15.8. The predicted molar refractivity (Wildman–Crippen MR) is 49.5 cm³/mol. The van der Waals surface area contributed by atoms with Crippen molar-refractivity contribution >= 4 is 10.9 Å². The van der Waals surface area contributed by atoms with E-state index in [0.29, 0.717) is 5.52 Å². The summed E-state index contributed by atoms with van der Waals surface area (Å²) >= 11 is 0. The Morgan fingerprint density at radius 3 is 2.69 bits per heavy atom. The van der Waals surface area contributed by atoms with Crippen molar-refractivity contribution in [2.45, 2.75) is 19.2 Å². The highest BCUT2D eigenvalue weighted by atomic mass is 19.4. The zero-order valence-corrected chi connectivity index (χ0v) is 8.21. The van der Waals surface area contributed by atoms with E-state index in [9.17, 15) is 18.3 Å². The number of aromatic nitrogens is 3. The molecule has 1 unspecified atom stereocenters. The van der Waals surface area contributed by atoms with E-state index in [1.807, 2.05) is 0 Å². The molecule has 0 aromatic carbocycles. The van der Waals surface area contributed by atoms with Crippen LogP contribution in [0.15, 0.2) is 12.3 Å². The van der Waals surface area contributed by atoms with Crippen molar-refractivity contribution in [3.63, 3.8) is 0 Å². The van der Waals surface area contributed by atoms with E-state index < -0.39 is 18.0 Å². The number of H-pyrrole nitrogens is 1. The minimum absolute atomic E-state index is 0.0534. The number of aromatic amines is 1. The molecule has 0 bridgehead atoms. The summed E-state index contributed by atoms with van der Waals surface area (Å²) in [5.74, 6) is 0. The summed E-state index contributed by atoms with van der Waals surface area (Å²) in [7, 11) is 0. The Morgan fingerprint density at radius 1 is 1.44 bits per heavy atom. The second-order valence-electron chi connectivity index (χ2n) is 3.40. The quantitative estimate of drug-likeness (QED) is 0.789. The minimum Gasteiger partial charge on any atom is -0.387 e. The topological polar surface area (TPSA) is 61.8 Å². The molecule has 0 fully saturated rings. The largest absolute Gasteiger partial charge is 0.433 e. The van der Waals surface area contributed by atoms with E-state index in [-0.39, 0.29) is 11.1 Å². The van der Waals surface area contributed by atoms with Crippen LogP contribution in [0.2, 0.25) is 0 Å². The third-order valence-electron chi connectivity index (χ3n) is 2.14. The van der Waals surface area contributed by atoms with E-state index >= 15 is 0 Å². The smallest absolute Gasteiger partial charge is 0.387 e. The summed E-state index contributed by atoms with van der Waals surface area (Å²) in [4.78, 5) is 3.40. The number of rotatable bonds is 1. The highest BCUT2D eigenvalue weighted by Crippen LogP contribution is 2.31. The van der Waals surface area contributed by atoms with Crippen LogP contribution in [-0.4, -0.2) is 20.3 Å². The first kappa shape index (κ1) is 10.9. The second-order valence-corrected chi connectivity index (χ2v) is 3.40. The van der Waals surface area contributed by atoms with Crippen LogP contribution >= 0.6 is 0 Å². The van der Waals surface area contributed by atoms with Crippen LogP contribution in [-0.2, 0) is 6.18 Å². The van der Waals surface area contributed by atoms with Crippen LogP contribution in [0.25, 0.3) is 10.9 Å². The summed E-state index contributed by atoms with van der Waals surface area (Å²) < 4.78 is 37.5. The van der Waals surface area contributed by atoms with Gasteiger partial charge in [0.2, 0.25) is 0 Å². The molecule has 2 rings (SSSR count). The fraction of sp³-hybridized carbons (Fsp3) is 0.333. The summed E-state index contributed by atoms with van der Waals surface area (Å²) in [6.07, 6.45) is -4.36. The van der Waals surface area contributed by atoms with Crippen molar-refractivity contribution < 1.29 is 18.3 Å². The standard InChI is InChI=1S/C9H8F3N3O/c1-4(16)7-8-5(3-13-15-8)2-6(14-7)9(10,11)12/h2-4,16H,1H3,(H,13,15). The average Bonchev–Trinajstić information content (AvgIpc) is 2.61. The fourth-order valence-corrected chi connectivity index (χ4v) is 1.42. The molecular weight excluding hydrogens is 223 g/mol. The van der Waals surface area contributed by atoms with Gasteiger partial charge in [0.25, 0.3) is 0 Å². The van der Waals surface area contributed by atoms with Gasteiger partial charge in [-0.25, -0.2) is 4.98 Å². The first-order valence-electron chi connectivity index (χ1n) is 4.49. The number of nitrogens with zero attached hydrogens (tertiary/aromatic N) is 2. The molecule has 0 radical (unpaired) electrons. The highest BCUT2D eigenvalue weighted by Gasteiger charge is 2.34. The molecule has 0 aliphatic rings. The minimum atomic E-state index is -4.53. The molecule has 1 atom stereocenters. The predicted octanol–water partition coefficient (Wildman–Crippen LogP) is 2.03. The molecule has 0 aliphatic heterocycles. The van der Waals surface area contributed by atoms with Crippen molar-refractivity contribution in [3.8, 4) is 0 Å². The molecule has 86 valence electrons. The molecule has 16 heavy (non-hydrogen) atoms. The van der Waals surface area contributed by atoms with Crippen molar-refractivity contribution in [2.24, 2.45) is 0 Å². The molecule has 2 heterocycles. The van der Waals surface area contributed by atoms with Gasteiger partial charge < -0.3 is 5.11 Å². The summed E-state index contributed by atoms with van der Waals surface area (Å²) in [6.45, 7) is 1.35. The van der Waals surface area contributed by atoms with Gasteiger partial charge in [-0.3, -0.25) is 5.10 Å². The Kier molecular flexibility index (Phi) is 2.34. The van der Waals surface area contributed by atoms with Gasteiger partial charge in [0, 0.05) is 5.39 Å². The van der Waals surface area contributed by atoms with E-state index in [1.165, 1.54) is 13.1 Å². The number of hydrogen-bond donors (Lipinski definition) is 2. The van der Waals surface area contributed by atoms with Crippen molar-refractivity contribution in [1.82, 2.24) is 15.2 Å². The van der Waals surface area contributed by atoms with Crippen molar-refractivity contribution in [3.05, 3.63) is 23.7 Å². The lowest BCUT2D eigenvalue weighted by molar-refractivity contribution is -0.141. The number of halogens is 3. The number of fused-ring (bicyclic) bond motifs is 1. The maximum Gasteiger partial charge on any atom is 0.433 e. The van der Waals surface area contributed by atoms with Crippen LogP contribution in [0.1, 0.15) is 24.4 Å². The van der Waals surface area contributed by atoms with Crippen LogP contribution in [0.3, 0.4) is 0 Å². The molecule has 2 aromatic heterocycles. The summed E-state index contributed by atoms with van der Waals surface area (Å²) in [5.41, 5.74) is -0.761. The second kappa shape index (κ2) is 3.44. The normalized spacial score (nSPS) is 14.3. The fourth-order valence-electron chi connectivity index (χ4n) is 1.42. The lowest BCUT2D eigenvalue weighted by atomic mass is 10.1. The van der Waals surface area contributed by atoms with Crippen LogP contribution < -0.4 is 0 Å². The number of pyridine rings is 1. The molecule has 0 aliphatic carbocycles. The van der Waals surface area contributed by atoms with E-state index in [0.717, 1.165) is 6.07 Å². The molecule has 0 amide bonds. The maximum atomic E-state index is 12.5. The monoisotopic (exact) mass is 231 g/mol. The molecule has 0 saturated carbocycles. The Hall–Kier alpha value is -1.63.